The van der Waals surface area contributed by atoms with Crippen LogP contribution in [0.4, 0.5) is 0 Å². The number of sulfone groups is 1. The smallest absolute Gasteiger partial charge is 0.208 e. The summed E-state index contributed by atoms with van der Waals surface area (Å²) in [6.07, 6.45) is 0. The van der Waals surface area contributed by atoms with Crippen molar-refractivity contribution >= 4 is 31.8 Å². The number of pyridine rings is 1. The number of benzene rings is 5. The maximum atomic E-state index is 14.5. The quantitative estimate of drug-likeness (QED) is 0.227. The molecule has 0 unspecified atom stereocenters. The van der Waals surface area contributed by atoms with Gasteiger partial charge in [0.2, 0.25) is 9.84 Å². The van der Waals surface area contributed by atoms with Crippen molar-refractivity contribution in [2.75, 3.05) is 0 Å². The van der Waals surface area contributed by atoms with Crippen LogP contribution in [-0.4, -0.2) is 18.0 Å². The second-order valence-electron chi connectivity index (χ2n) is 10.4. The summed E-state index contributed by atoms with van der Waals surface area (Å²) in [5, 5.41) is 0.973. The van der Waals surface area contributed by atoms with E-state index >= 15 is 0 Å². The van der Waals surface area contributed by atoms with Crippen LogP contribution in [0.15, 0.2) is 155 Å². The minimum absolute atomic E-state index is 0.233. The molecule has 0 spiro atoms. The summed E-state index contributed by atoms with van der Waals surface area (Å²) < 4.78 is 31.1. The number of aromatic nitrogens is 2. The van der Waals surface area contributed by atoms with Gasteiger partial charge in [-0.1, -0.05) is 115 Å². The molecule has 0 fully saturated rings. The molecule has 0 aliphatic carbocycles. The van der Waals surface area contributed by atoms with Gasteiger partial charge in [0.1, 0.15) is 0 Å². The van der Waals surface area contributed by atoms with Crippen molar-refractivity contribution in [2.45, 2.75) is 15.2 Å². The lowest BCUT2D eigenvalue weighted by molar-refractivity contribution is 0.574. The van der Waals surface area contributed by atoms with E-state index in [1.807, 2.05) is 97.1 Å². The van der Waals surface area contributed by atoms with E-state index in [0.717, 1.165) is 38.8 Å². The molecule has 196 valence electrons. The molecule has 0 amide bonds. The zero-order valence-electron chi connectivity index (χ0n) is 22.0. The summed E-state index contributed by atoms with van der Waals surface area (Å²) >= 11 is 0. The molecule has 2 aromatic heterocycles. The lowest BCUT2D eigenvalue weighted by Gasteiger charge is -2.40. The number of rotatable bonds is 3. The van der Waals surface area contributed by atoms with Gasteiger partial charge in [0, 0.05) is 11.1 Å². The van der Waals surface area contributed by atoms with Crippen molar-refractivity contribution < 1.29 is 8.42 Å². The minimum Gasteiger partial charge on any atom is -0.308 e. The molecule has 0 saturated heterocycles. The average molecular weight is 549 g/mol. The summed E-state index contributed by atoms with van der Waals surface area (Å²) in [7, 11) is -3.89. The maximum absolute atomic E-state index is 14.5. The number of nitrogens with zero attached hydrogens (tertiary/aromatic N) is 2. The summed E-state index contributed by atoms with van der Waals surface area (Å²) in [6.45, 7) is 0. The molecule has 0 saturated carbocycles. The third kappa shape index (κ3) is 3.21. The molecule has 5 aromatic carbocycles. The van der Waals surface area contributed by atoms with Crippen LogP contribution < -0.4 is 0 Å². The van der Waals surface area contributed by atoms with Crippen molar-refractivity contribution in [3.05, 3.63) is 168 Å². The lowest BCUT2D eigenvalue weighted by Crippen LogP contribution is -2.38. The van der Waals surface area contributed by atoms with Crippen molar-refractivity contribution in [1.82, 2.24) is 9.55 Å². The minimum atomic E-state index is -3.89. The fourth-order valence-electron chi connectivity index (χ4n) is 6.57. The highest BCUT2D eigenvalue weighted by Gasteiger charge is 2.50. The Labute approximate surface area is 238 Å². The largest absolute Gasteiger partial charge is 0.308 e. The van der Waals surface area contributed by atoms with Crippen LogP contribution in [0.1, 0.15) is 22.4 Å². The van der Waals surface area contributed by atoms with Gasteiger partial charge in [0.05, 0.1) is 37.4 Å². The molecule has 7 aromatic rings. The monoisotopic (exact) mass is 548 g/mol. The van der Waals surface area contributed by atoms with Gasteiger partial charge >= 0.3 is 0 Å². The van der Waals surface area contributed by atoms with Crippen LogP contribution in [0.25, 0.3) is 27.6 Å². The van der Waals surface area contributed by atoms with Gasteiger partial charge in [0.15, 0.2) is 0 Å². The Morgan fingerprint density at radius 1 is 0.561 bits per heavy atom. The van der Waals surface area contributed by atoms with Gasteiger partial charge in [-0.25, -0.2) is 13.4 Å². The van der Waals surface area contributed by atoms with Crippen LogP contribution in [0.2, 0.25) is 0 Å². The van der Waals surface area contributed by atoms with Gasteiger partial charge in [0.25, 0.3) is 0 Å². The fourth-order valence-corrected chi connectivity index (χ4v) is 8.29. The predicted octanol–water partition coefficient (Wildman–Crippen LogP) is 7.71. The van der Waals surface area contributed by atoms with E-state index in [1.165, 1.54) is 0 Å². The first-order valence-corrected chi connectivity index (χ1v) is 15.1. The van der Waals surface area contributed by atoms with E-state index in [2.05, 4.69) is 41.0 Å². The molecule has 0 radical (unpaired) electrons. The Hall–Kier alpha value is -5.00. The zero-order chi connectivity index (χ0) is 27.6. The van der Waals surface area contributed by atoms with Crippen molar-refractivity contribution in [2.24, 2.45) is 0 Å². The number of hydrogen-bond acceptors (Lipinski definition) is 3. The second-order valence-corrected chi connectivity index (χ2v) is 12.3. The van der Waals surface area contributed by atoms with Crippen LogP contribution in [-0.2, 0) is 15.3 Å². The first kappa shape index (κ1) is 23.9. The van der Waals surface area contributed by atoms with E-state index in [4.69, 9.17) is 4.98 Å². The highest BCUT2D eigenvalue weighted by molar-refractivity contribution is 7.91. The summed E-state index contributed by atoms with van der Waals surface area (Å²) in [5.41, 5.74) is 5.68. The molecule has 1 aliphatic heterocycles. The lowest BCUT2D eigenvalue weighted by atomic mass is 9.66. The molecule has 4 nitrogen and oxygen atoms in total. The van der Waals surface area contributed by atoms with E-state index in [0.29, 0.717) is 16.2 Å². The molecule has 0 N–H and O–H groups in total. The highest BCUT2D eigenvalue weighted by Crippen LogP contribution is 2.53. The molecule has 8 rings (SSSR count). The first-order chi connectivity index (χ1) is 20.1. The fraction of sp³-hybridized carbons (Fsp3) is 0.0278. The molecule has 41 heavy (non-hydrogen) atoms. The normalized spacial score (nSPS) is 14.9. The highest BCUT2D eigenvalue weighted by atomic mass is 32.2. The number of para-hydroxylation sites is 2. The van der Waals surface area contributed by atoms with E-state index in [-0.39, 0.29) is 4.90 Å². The van der Waals surface area contributed by atoms with Gasteiger partial charge in [-0.05, 0) is 47.0 Å². The Balaban J connectivity index is 1.62. The molecular weight excluding hydrogens is 524 g/mol. The Morgan fingerprint density at radius 2 is 1.12 bits per heavy atom. The number of fused-ring (bicyclic) bond motifs is 5. The standard InChI is InChI=1S/C36H24N2O2S/c39-41(40)32-23-13-11-21-29(32)36(25-14-4-1-5-15-25,26-16-6-2-7-17-26)35-33(41)24-31-34(37-35)28-20-10-12-22-30(28)38(31)27-18-8-3-9-19-27/h1-24H. The van der Waals surface area contributed by atoms with Crippen molar-refractivity contribution in [1.29, 1.82) is 0 Å². The summed E-state index contributed by atoms with van der Waals surface area (Å²) in [5.74, 6) is 0. The number of hydrogen-bond donors (Lipinski definition) is 0. The summed E-state index contributed by atoms with van der Waals surface area (Å²) in [4.78, 5) is 5.93. The SMILES string of the molecule is O=S1(=O)c2ccccc2C(c2ccccc2)(c2ccccc2)c2nc3c4ccccc4n(-c4ccccc4)c3cc21. The van der Waals surface area contributed by atoms with Gasteiger partial charge in [-0.3, -0.25) is 0 Å². The van der Waals surface area contributed by atoms with Gasteiger partial charge < -0.3 is 4.57 Å². The third-order valence-electron chi connectivity index (χ3n) is 8.26. The molecular formula is C36H24N2O2S. The van der Waals surface area contributed by atoms with Crippen molar-refractivity contribution in [3.63, 3.8) is 0 Å². The average Bonchev–Trinajstić information content (AvgIpc) is 3.36. The third-order valence-corrected chi connectivity index (χ3v) is 10.1. The molecule has 1 aliphatic rings. The van der Waals surface area contributed by atoms with Crippen LogP contribution in [0.3, 0.4) is 0 Å². The first-order valence-electron chi connectivity index (χ1n) is 13.6. The second kappa shape index (κ2) is 8.75. The van der Waals surface area contributed by atoms with E-state index in [1.54, 1.807) is 12.1 Å². The molecule has 5 heteroatoms. The van der Waals surface area contributed by atoms with Crippen LogP contribution >= 0.6 is 0 Å². The van der Waals surface area contributed by atoms with Crippen LogP contribution in [0, 0.1) is 0 Å². The van der Waals surface area contributed by atoms with E-state index in [9.17, 15) is 8.42 Å². The van der Waals surface area contributed by atoms with Gasteiger partial charge in [-0.2, -0.15) is 0 Å². The Bertz CT molecular complexity index is 2170. The topological polar surface area (TPSA) is 52.0 Å². The maximum Gasteiger partial charge on any atom is 0.208 e. The Morgan fingerprint density at radius 3 is 1.80 bits per heavy atom. The zero-order valence-corrected chi connectivity index (χ0v) is 22.8. The molecule has 0 bridgehead atoms. The van der Waals surface area contributed by atoms with Crippen LogP contribution in [0.5, 0.6) is 0 Å². The Kier molecular flexibility index (Phi) is 5.09. The predicted molar refractivity (Wildman–Crippen MR) is 162 cm³/mol. The van der Waals surface area contributed by atoms with Crippen molar-refractivity contribution in [3.8, 4) is 5.69 Å². The molecule has 3 heterocycles. The van der Waals surface area contributed by atoms with E-state index < -0.39 is 15.3 Å². The summed E-state index contributed by atoms with van der Waals surface area (Å²) in [6, 6.07) is 47.7. The molecule has 0 atom stereocenters. The van der Waals surface area contributed by atoms with Gasteiger partial charge in [-0.15, -0.1) is 0 Å².